The SMILES string of the molecule is CSc1ccc(OC(F)F)c(C(OCC[Si](C)(C)C)c2[nH]ncc2N)c1. The van der Waals surface area contributed by atoms with Crippen LogP contribution in [0, 0.1) is 0 Å². The van der Waals surface area contributed by atoms with E-state index in [4.69, 9.17) is 15.2 Å². The van der Waals surface area contributed by atoms with Crippen LogP contribution in [0.2, 0.25) is 25.7 Å². The molecular weight excluding hydrogens is 376 g/mol. The van der Waals surface area contributed by atoms with Gasteiger partial charge in [-0.15, -0.1) is 11.8 Å². The number of ether oxygens (including phenoxy) is 2. The van der Waals surface area contributed by atoms with Crippen molar-refractivity contribution in [2.75, 3.05) is 18.6 Å². The van der Waals surface area contributed by atoms with Crippen molar-refractivity contribution in [1.29, 1.82) is 0 Å². The number of halogens is 2. The highest BCUT2D eigenvalue weighted by atomic mass is 32.2. The largest absolute Gasteiger partial charge is 0.434 e. The Morgan fingerprint density at radius 3 is 2.58 bits per heavy atom. The molecule has 1 atom stereocenters. The third-order valence-corrected chi connectivity index (χ3v) is 6.24. The Morgan fingerprint density at radius 1 is 1.31 bits per heavy atom. The van der Waals surface area contributed by atoms with Crippen LogP contribution < -0.4 is 10.5 Å². The molecule has 1 unspecified atom stereocenters. The molecule has 1 aromatic heterocycles. The first kappa shape index (κ1) is 20.7. The van der Waals surface area contributed by atoms with Gasteiger partial charge >= 0.3 is 6.61 Å². The van der Waals surface area contributed by atoms with E-state index in [1.165, 1.54) is 24.0 Å². The lowest BCUT2D eigenvalue weighted by Crippen LogP contribution is -2.23. The summed E-state index contributed by atoms with van der Waals surface area (Å²) in [6, 6.07) is 6.00. The van der Waals surface area contributed by atoms with Crippen LogP contribution in [0.25, 0.3) is 0 Å². The van der Waals surface area contributed by atoms with E-state index in [0.717, 1.165) is 10.9 Å². The van der Waals surface area contributed by atoms with Crippen LogP contribution in [-0.2, 0) is 4.74 Å². The van der Waals surface area contributed by atoms with Crippen molar-refractivity contribution < 1.29 is 18.3 Å². The van der Waals surface area contributed by atoms with Gasteiger partial charge in [-0.3, -0.25) is 5.10 Å². The molecule has 2 aromatic rings. The summed E-state index contributed by atoms with van der Waals surface area (Å²) in [5.41, 5.74) is 7.46. The summed E-state index contributed by atoms with van der Waals surface area (Å²) in [4.78, 5) is 0.915. The second kappa shape index (κ2) is 8.87. The topological polar surface area (TPSA) is 73.2 Å². The molecule has 0 aliphatic carbocycles. The molecule has 144 valence electrons. The minimum absolute atomic E-state index is 0.0739. The number of nitrogen functional groups attached to an aromatic ring is 1. The lowest BCUT2D eigenvalue weighted by atomic mass is 10.0. The molecule has 0 spiro atoms. The van der Waals surface area contributed by atoms with Crippen LogP contribution in [0.3, 0.4) is 0 Å². The average molecular weight is 402 g/mol. The molecule has 0 bridgehead atoms. The van der Waals surface area contributed by atoms with Gasteiger partial charge in [-0.1, -0.05) is 19.6 Å². The molecule has 26 heavy (non-hydrogen) atoms. The van der Waals surface area contributed by atoms with Crippen LogP contribution in [0.15, 0.2) is 29.3 Å². The van der Waals surface area contributed by atoms with Gasteiger partial charge in [0.1, 0.15) is 11.9 Å². The van der Waals surface area contributed by atoms with Gasteiger partial charge in [0.05, 0.1) is 17.6 Å². The summed E-state index contributed by atoms with van der Waals surface area (Å²) in [6.45, 7) is 4.31. The number of rotatable bonds is 9. The standard InChI is InChI=1S/C17H25F2N3O2SSi/c1-25-11-5-6-14(24-17(18)19)12(9-11)16(15-13(20)10-21-22-15)23-7-8-26(2,3)4/h5-6,9-10,16-17H,7-8,20H2,1-4H3,(H,21,22). The highest BCUT2D eigenvalue weighted by molar-refractivity contribution is 7.98. The molecule has 0 fully saturated rings. The van der Waals surface area contributed by atoms with Gasteiger partial charge in [0.15, 0.2) is 0 Å². The Bertz CT molecular complexity index is 722. The second-order valence-corrected chi connectivity index (χ2v) is 13.6. The maximum atomic E-state index is 12.9. The summed E-state index contributed by atoms with van der Waals surface area (Å²) in [7, 11) is -1.32. The minimum atomic E-state index is -2.92. The zero-order valence-corrected chi connectivity index (χ0v) is 17.2. The predicted octanol–water partition coefficient (Wildman–Crippen LogP) is 4.76. The summed E-state index contributed by atoms with van der Waals surface area (Å²) >= 11 is 1.51. The fraction of sp³-hybridized carbons (Fsp3) is 0.471. The number of nitrogens with two attached hydrogens (primary N) is 1. The molecule has 1 heterocycles. The van der Waals surface area contributed by atoms with E-state index in [9.17, 15) is 8.78 Å². The Labute approximate surface area is 157 Å². The summed E-state index contributed by atoms with van der Waals surface area (Å²) in [6.07, 6.45) is 2.74. The number of H-pyrrole nitrogens is 1. The van der Waals surface area contributed by atoms with E-state index in [1.807, 2.05) is 6.26 Å². The second-order valence-electron chi connectivity index (χ2n) is 7.08. The number of nitrogens with zero attached hydrogens (tertiary/aromatic N) is 1. The van der Waals surface area contributed by atoms with E-state index in [0.29, 0.717) is 23.6 Å². The number of aromatic nitrogens is 2. The lowest BCUT2D eigenvalue weighted by molar-refractivity contribution is -0.0520. The van der Waals surface area contributed by atoms with Gasteiger partial charge in [0, 0.05) is 25.1 Å². The number of nitrogens with one attached hydrogen (secondary N) is 1. The predicted molar refractivity (Wildman–Crippen MR) is 104 cm³/mol. The number of alkyl halides is 2. The Balaban J connectivity index is 2.41. The highest BCUT2D eigenvalue weighted by Gasteiger charge is 2.26. The molecule has 5 nitrogen and oxygen atoms in total. The summed E-state index contributed by atoms with van der Waals surface area (Å²) in [5, 5.41) is 6.77. The zero-order chi connectivity index (χ0) is 19.3. The number of thioether (sulfide) groups is 1. The number of benzene rings is 1. The highest BCUT2D eigenvalue weighted by Crippen LogP contribution is 2.37. The number of aromatic amines is 1. The first-order chi connectivity index (χ1) is 12.2. The van der Waals surface area contributed by atoms with Crippen molar-refractivity contribution >= 4 is 25.5 Å². The Kier molecular flexibility index (Phi) is 7.07. The van der Waals surface area contributed by atoms with Gasteiger partial charge in [0.2, 0.25) is 0 Å². The molecule has 1 aromatic carbocycles. The monoisotopic (exact) mass is 401 g/mol. The molecule has 0 saturated heterocycles. The average Bonchev–Trinajstić information content (AvgIpc) is 2.96. The van der Waals surface area contributed by atoms with E-state index >= 15 is 0 Å². The molecule has 9 heteroatoms. The fourth-order valence-corrected chi connectivity index (χ4v) is 3.57. The molecule has 0 amide bonds. The quantitative estimate of drug-likeness (QED) is 0.468. The molecule has 0 aliphatic rings. The lowest BCUT2D eigenvalue weighted by Gasteiger charge is -2.23. The van der Waals surface area contributed by atoms with E-state index < -0.39 is 20.8 Å². The zero-order valence-electron chi connectivity index (χ0n) is 15.4. The van der Waals surface area contributed by atoms with Gasteiger partial charge < -0.3 is 15.2 Å². The van der Waals surface area contributed by atoms with Crippen molar-refractivity contribution in [3.05, 3.63) is 35.7 Å². The number of hydrogen-bond acceptors (Lipinski definition) is 5. The maximum absolute atomic E-state index is 12.9. The molecule has 0 radical (unpaired) electrons. The third kappa shape index (κ3) is 5.71. The summed E-state index contributed by atoms with van der Waals surface area (Å²) in [5.74, 6) is 0.0739. The number of hydrogen-bond donors (Lipinski definition) is 2. The van der Waals surface area contributed by atoms with Gasteiger partial charge in [-0.05, 0) is 30.5 Å². The van der Waals surface area contributed by atoms with Crippen molar-refractivity contribution in [1.82, 2.24) is 10.2 Å². The van der Waals surface area contributed by atoms with Crippen molar-refractivity contribution in [2.45, 2.75) is 43.3 Å². The molecular formula is C17H25F2N3O2SSi. The van der Waals surface area contributed by atoms with Crippen LogP contribution in [0.4, 0.5) is 14.5 Å². The van der Waals surface area contributed by atoms with Crippen molar-refractivity contribution in [2.24, 2.45) is 0 Å². The van der Waals surface area contributed by atoms with Crippen molar-refractivity contribution in [3.8, 4) is 5.75 Å². The van der Waals surface area contributed by atoms with E-state index in [-0.39, 0.29) is 5.75 Å². The molecule has 0 aliphatic heterocycles. The molecule has 2 rings (SSSR count). The van der Waals surface area contributed by atoms with Crippen LogP contribution in [0.5, 0.6) is 5.75 Å². The minimum Gasteiger partial charge on any atom is -0.434 e. The fourth-order valence-electron chi connectivity index (χ4n) is 2.39. The van der Waals surface area contributed by atoms with Crippen LogP contribution in [-0.4, -0.2) is 37.7 Å². The van der Waals surface area contributed by atoms with Crippen molar-refractivity contribution in [3.63, 3.8) is 0 Å². The van der Waals surface area contributed by atoms with Crippen LogP contribution in [0.1, 0.15) is 17.4 Å². The Morgan fingerprint density at radius 2 is 2.04 bits per heavy atom. The smallest absolute Gasteiger partial charge is 0.387 e. The molecule has 3 N–H and O–H groups in total. The third-order valence-electron chi connectivity index (χ3n) is 3.81. The number of anilines is 1. The summed E-state index contributed by atoms with van der Waals surface area (Å²) < 4.78 is 36.6. The van der Waals surface area contributed by atoms with Gasteiger partial charge in [0.25, 0.3) is 0 Å². The van der Waals surface area contributed by atoms with E-state index in [1.54, 1.807) is 12.1 Å². The van der Waals surface area contributed by atoms with Crippen LogP contribution >= 0.6 is 11.8 Å². The molecule has 0 saturated carbocycles. The first-order valence-corrected chi connectivity index (χ1v) is 13.2. The Hall–Kier alpha value is -1.58. The maximum Gasteiger partial charge on any atom is 0.387 e. The first-order valence-electron chi connectivity index (χ1n) is 8.24. The van der Waals surface area contributed by atoms with Gasteiger partial charge in [-0.25, -0.2) is 0 Å². The normalized spacial score (nSPS) is 13.2. The van der Waals surface area contributed by atoms with Gasteiger partial charge in [-0.2, -0.15) is 13.9 Å². The van der Waals surface area contributed by atoms with E-state index in [2.05, 4.69) is 29.8 Å².